The van der Waals surface area contributed by atoms with Gasteiger partial charge in [0.2, 0.25) is 0 Å². The summed E-state index contributed by atoms with van der Waals surface area (Å²) in [5.74, 6) is 0. The number of hydrogen-bond acceptors (Lipinski definition) is 1. The van der Waals surface area contributed by atoms with Crippen LogP contribution in [0, 0.1) is 0 Å². The molecule has 0 aliphatic heterocycles. The Balaban J connectivity index is 1.93. The molecule has 0 bridgehead atoms. The molecule has 1 heteroatoms. The van der Waals surface area contributed by atoms with E-state index in [-0.39, 0.29) is 5.54 Å². The lowest BCUT2D eigenvalue weighted by molar-refractivity contribution is 0.155. The average Bonchev–Trinajstić information content (AvgIpc) is 2.55. The summed E-state index contributed by atoms with van der Waals surface area (Å²) in [6.45, 7) is 7.94. The summed E-state index contributed by atoms with van der Waals surface area (Å²) in [5, 5.41) is 0. The lowest BCUT2D eigenvalue weighted by atomic mass is 9.91. The van der Waals surface area contributed by atoms with Crippen molar-refractivity contribution in [1.82, 2.24) is 4.90 Å². The molecular formula is C21H29N. The highest BCUT2D eigenvalue weighted by Gasteiger charge is 2.25. The van der Waals surface area contributed by atoms with Gasteiger partial charge < -0.3 is 0 Å². The molecule has 2 aromatic rings. The van der Waals surface area contributed by atoms with Gasteiger partial charge in [-0.1, -0.05) is 61.5 Å². The normalized spacial score (nSPS) is 11.9. The van der Waals surface area contributed by atoms with Crippen LogP contribution in [0.5, 0.6) is 0 Å². The molecule has 0 unspecified atom stereocenters. The van der Waals surface area contributed by atoms with Crippen molar-refractivity contribution in [3.63, 3.8) is 0 Å². The van der Waals surface area contributed by atoms with E-state index < -0.39 is 0 Å². The number of hydrogen-bond donors (Lipinski definition) is 0. The predicted octanol–water partition coefficient (Wildman–Crippen LogP) is 5.05. The maximum absolute atomic E-state index is 2.47. The minimum absolute atomic E-state index is 0.0724. The van der Waals surface area contributed by atoms with E-state index in [1.807, 2.05) is 0 Å². The number of nitrogens with zero attached hydrogens (tertiary/aromatic N) is 1. The smallest absolute Gasteiger partial charge is 0.0401 e. The van der Waals surface area contributed by atoms with Crippen molar-refractivity contribution in [3.05, 3.63) is 71.3 Å². The first-order valence-electron chi connectivity index (χ1n) is 8.38. The Kier molecular flexibility index (Phi) is 5.79. The van der Waals surface area contributed by atoms with Gasteiger partial charge in [-0.15, -0.1) is 0 Å². The largest absolute Gasteiger partial charge is 0.297 e. The standard InChI is InChI=1S/C21H29N/c1-5-18-13-15-20(16-14-18)21(2,3)22(4)17-9-12-19-10-7-6-8-11-19/h6-8,10-11,13-16H,5,9,12,17H2,1-4H3. The third-order valence-corrected chi connectivity index (χ3v) is 4.82. The Morgan fingerprint density at radius 2 is 1.50 bits per heavy atom. The Hall–Kier alpha value is -1.60. The van der Waals surface area contributed by atoms with Crippen LogP contribution in [0.1, 0.15) is 43.9 Å². The molecular weight excluding hydrogens is 266 g/mol. The van der Waals surface area contributed by atoms with Crippen LogP contribution in [0.3, 0.4) is 0 Å². The van der Waals surface area contributed by atoms with E-state index in [0.29, 0.717) is 0 Å². The van der Waals surface area contributed by atoms with Crippen LogP contribution >= 0.6 is 0 Å². The van der Waals surface area contributed by atoms with Crippen LogP contribution in [0.2, 0.25) is 0 Å². The van der Waals surface area contributed by atoms with Crippen LogP contribution in [-0.4, -0.2) is 18.5 Å². The van der Waals surface area contributed by atoms with Gasteiger partial charge in [-0.25, -0.2) is 0 Å². The Morgan fingerprint density at radius 3 is 2.09 bits per heavy atom. The Labute approximate surface area is 136 Å². The lowest BCUT2D eigenvalue weighted by Crippen LogP contribution is -2.39. The van der Waals surface area contributed by atoms with Gasteiger partial charge in [0.05, 0.1) is 0 Å². The lowest BCUT2D eigenvalue weighted by Gasteiger charge is -2.36. The summed E-state index contributed by atoms with van der Waals surface area (Å²) in [7, 11) is 2.23. The summed E-state index contributed by atoms with van der Waals surface area (Å²) < 4.78 is 0. The average molecular weight is 295 g/mol. The van der Waals surface area contributed by atoms with E-state index in [1.165, 1.54) is 23.1 Å². The molecule has 0 spiro atoms. The predicted molar refractivity (Wildman–Crippen MR) is 96.2 cm³/mol. The van der Waals surface area contributed by atoms with Crippen LogP contribution < -0.4 is 0 Å². The first-order valence-corrected chi connectivity index (χ1v) is 8.38. The fraction of sp³-hybridized carbons (Fsp3) is 0.429. The van der Waals surface area contributed by atoms with Crippen molar-refractivity contribution < 1.29 is 0 Å². The molecule has 0 aromatic heterocycles. The maximum atomic E-state index is 2.47. The summed E-state index contributed by atoms with van der Waals surface area (Å²) in [6.07, 6.45) is 3.45. The van der Waals surface area contributed by atoms with Gasteiger partial charge in [0.1, 0.15) is 0 Å². The van der Waals surface area contributed by atoms with Crippen molar-refractivity contribution in [2.24, 2.45) is 0 Å². The van der Waals surface area contributed by atoms with Gasteiger partial charge in [0.25, 0.3) is 0 Å². The number of rotatable bonds is 7. The van der Waals surface area contributed by atoms with E-state index in [9.17, 15) is 0 Å². The molecule has 0 saturated heterocycles. The minimum Gasteiger partial charge on any atom is -0.297 e. The fourth-order valence-electron chi connectivity index (χ4n) is 2.81. The molecule has 0 saturated carbocycles. The zero-order valence-electron chi connectivity index (χ0n) is 14.5. The molecule has 0 N–H and O–H groups in total. The minimum atomic E-state index is 0.0724. The van der Waals surface area contributed by atoms with Gasteiger partial charge in [-0.05, 0) is 63.4 Å². The van der Waals surface area contributed by atoms with E-state index in [1.54, 1.807) is 0 Å². The molecule has 0 heterocycles. The first-order chi connectivity index (χ1) is 10.5. The molecule has 0 radical (unpaired) electrons. The van der Waals surface area contributed by atoms with E-state index in [4.69, 9.17) is 0 Å². The highest BCUT2D eigenvalue weighted by molar-refractivity contribution is 5.27. The third kappa shape index (κ3) is 4.20. The second kappa shape index (κ2) is 7.60. The Bertz CT molecular complexity index is 554. The molecule has 0 amide bonds. The summed E-state index contributed by atoms with van der Waals surface area (Å²) >= 11 is 0. The highest BCUT2D eigenvalue weighted by atomic mass is 15.2. The van der Waals surface area contributed by atoms with Crippen LogP contribution in [-0.2, 0) is 18.4 Å². The molecule has 2 rings (SSSR count). The van der Waals surface area contributed by atoms with Crippen molar-refractivity contribution in [1.29, 1.82) is 0 Å². The second-order valence-electron chi connectivity index (χ2n) is 6.62. The Morgan fingerprint density at radius 1 is 0.864 bits per heavy atom. The summed E-state index contributed by atoms with van der Waals surface area (Å²) in [4.78, 5) is 2.47. The second-order valence-corrected chi connectivity index (χ2v) is 6.62. The molecule has 118 valence electrons. The van der Waals surface area contributed by atoms with Gasteiger partial charge in [-0.2, -0.15) is 0 Å². The fourth-order valence-corrected chi connectivity index (χ4v) is 2.81. The molecule has 0 atom stereocenters. The maximum Gasteiger partial charge on any atom is 0.0401 e. The van der Waals surface area contributed by atoms with E-state index in [0.717, 1.165) is 19.4 Å². The SMILES string of the molecule is CCc1ccc(C(C)(C)N(C)CCCc2ccccc2)cc1. The summed E-state index contributed by atoms with van der Waals surface area (Å²) in [6, 6.07) is 19.8. The van der Waals surface area contributed by atoms with Crippen LogP contribution in [0.25, 0.3) is 0 Å². The zero-order chi connectivity index (χ0) is 16.0. The van der Waals surface area contributed by atoms with Crippen LogP contribution in [0.4, 0.5) is 0 Å². The number of benzene rings is 2. The van der Waals surface area contributed by atoms with Crippen molar-refractivity contribution >= 4 is 0 Å². The van der Waals surface area contributed by atoms with Gasteiger partial charge in [0, 0.05) is 5.54 Å². The topological polar surface area (TPSA) is 3.24 Å². The van der Waals surface area contributed by atoms with E-state index >= 15 is 0 Å². The van der Waals surface area contributed by atoms with E-state index in [2.05, 4.69) is 87.3 Å². The van der Waals surface area contributed by atoms with Gasteiger partial charge in [-0.3, -0.25) is 4.90 Å². The number of aryl methyl sites for hydroxylation is 2. The molecule has 2 aromatic carbocycles. The van der Waals surface area contributed by atoms with Crippen molar-refractivity contribution in [3.8, 4) is 0 Å². The monoisotopic (exact) mass is 295 g/mol. The third-order valence-electron chi connectivity index (χ3n) is 4.82. The van der Waals surface area contributed by atoms with Gasteiger partial charge in [0.15, 0.2) is 0 Å². The van der Waals surface area contributed by atoms with Crippen LogP contribution in [0.15, 0.2) is 54.6 Å². The zero-order valence-corrected chi connectivity index (χ0v) is 14.5. The molecule has 1 nitrogen and oxygen atoms in total. The van der Waals surface area contributed by atoms with Crippen molar-refractivity contribution in [2.75, 3.05) is 13.6 Å². The molecule has 0 fully saturated rings. The first kappa shape index (κ1) is 16.8. The van der Waals surface area contributed by atoms with Gasteiger partial charge >= 0.3 is 0 Å². The molecule has 0 aliphatic rings. The molecule has 22 heavy (non-hydrogen) atoms. The quantitative estimate of drug-likeness (QED) is 0.691. The van der Waals surface area contributed by atoms with Crippen molar-refractivity contribution in [2.45, 2.75) is 45.6 Å². The molecule has 0 aliphatic carbocycles. The highest BCUT2D eigenvalue weighted by Crippen LogP contribution is 2.27. The summed E-state index contributed by atoms with van der Waals surface area (Å²) in [5.41, 5.74) is 4.31.